The van der Waals surface area contributed by atoms with Crippen LogP contribution in [0.2, 0.25) is 0 Å². The number of pyridine rings is 1. The minimum Gasteiger partial charge on any atom is -0.306 e. The minimum atomic E-state index is -4.68. The molecule has 0 saturated carbocycles. The van der Waals surface area contributed by atoms with E-state index in [9.17, 15) is 17.6 Å². The fourth-order valence-corrected chi connectivity index (χ4v) is 1.94. The van der Waals surface area contributed by atoms with Crippen LogP contribution in [0.3, 0.4) is 0 Å². The molecule has 1 N–H and O–H groups in total. The number of hydrogen-bond acceptors (Lipinski definition) is 2. The van der Waals surface area contributed by atoms with Gasteiger partial charge in [0.1, 0.15) is 5.82 Å². The van der Waals surface area contributed by atoms with Crippen LogP contribution in [0, 0.1) is 5.82 Å². The molecule has 0 bridgehead atoms. The van der Waals surface area contributed by atoms with E-state index in [1.54, 1.807) is 12.4 Å². The topological polar surface area (TPSA) is 24.9 Å². The van der Waals surface area contributed by atoms with Crippen LogP contribution in [0.25, 0.3) is 0 Å². The Morgan fingerprint density at radius 1 is 1.14 bits per heavy atom. The lowest BCUT2D eigenvalue weighted by Crippen LogP contribution is -2.19. The molecule has 0 radical (unpaired) electrons. The van der Waals surface area contributed by atoms with Crippen molar-refractivity contribution in [1.82, 2.24) is 10.3 Å². The number of nitrogens with one attached hydrogen (secondary N) is 1. The molecule has 6 heteroatoms. The van der Waals surface area contributed by atoms with Crippen molar-refractivity contribution in [2.45, 2.75) is 25.7 Å². The zero-order chi connectivity index (χ0) is 15.5. The van der Waals surface area contributed by atoms with Crippen LogP contribution in [0.4, 0.5) is 17.6 Å². The maximum absolute atomic E-state index is 13.2. The average molecular weight is 298 g/mol. The van der Waals surface area contributed by atoms with Gasteiger partial charge in [-0.25, -0.2) is 4.39 Å². The largest absolute Gasteiger partial charge is 0.419 e. The van der Waals surface area contributed by atoms with Crippen LogP contribution in [-0.4, -0.2) is 4.98 Å². The molecular formula is C15H14F4N2. The van der Waals surface area contributed by atoms with E-state index >= 15 is 0 Å². The predicted octanol–water partition coefficient (Wildman–Crippen LogP) is 4.09. The summed E-state index contributed by atoms with van der Waals surface area (Å²) in [7, 11) is 0. The summed E-state index contributed by atoms with van der Waals surface area (Å²) < 4.78 is 51.1. The van der Waals surface area contributed by atoms with Crippen LogP contribution in [0.15, 0.2) is 42.7 Å². The van der Waals surface area contributed by atoms with Gasteiger partial charge in [-0.2, -0.15) is 13.2 Å². The van der Waals surface area contributed by atoms with Gasteiger partial charge in [-0.1, -0.05) is 6.07 Å². The third kappa shape index (κ3) is 4.01. The fourth-order valence-electron chi connectivity index (χ4n) is 1.94. The lowest BCUT2D eigenvalue weighted by atomic mass is 10.1. The molecule has 0 aliphatic carbocycles. The van der Waals surface area contributed by atoms with E-state index in [4.69, 9.17) is 0 Å². The summed E-state index contributed by atoms with van der Waals surface area (Å²) in [5.74, 6) is -1.26. The van der Waals surface area contributed by atoms with E-state index < -0.39 is 17.6 Å². The number of halogens is 4. The van der Waals surface area contributed by atoms with E-state index in [1.807, 2.05) is 19.1 Å². The molecule has 1 aromatic carbocycles. The van der Waals surface area contributed by atoms with Gasteiger partial charge in [-0.05, 0) is 42.3 Å². The van der Waals surface area contributed by atoms with Crippen molar-refractivity contribution in [3.05, 3.63) is 65.2 Å². The van der Waals surface area contributed by atoms with Crippen molar-refractivity contribution in [1.29, 1.82) is 0 Å². The molecule has 0 unspecified atom stereocenters. The van der Waals surface area contributed by atoms with Crippen molar-refractivity contribution >= 4 is 0 Å². The van der Waals surface area contributed by atoms with Crippen molar-refractivity contribution in [2.75, 3.05) is 0 Å². The Morgan fingerprint density at radius 3 is 2.43 bits per heavy atom. The summed E-state index contributed by atoms with van der Waals surface area (Å²) in [5.41, 5.74) is 0.117. The summed E-state index contributed by atoms with van der Waals surface area (Å²) in [6.45, 7) is 2.11. The Kier molecular flexibility index (Phi) is 4.57. The number of nitrogens with zero attached hydrogens (tertiary/aromatic N) is 1. The van der Waals surface area contributed by atoms with E-state index in [0.29, 0.717) is 5.56 Å². The summed E-state index contributed by atoms with van der Waals surface area (Å²) >= 11 is 0. The van der Waals surface area contributed by atoms with Crippen LogP contribution in [-0.2, 0) is 12.7 Å². The molecule has 0 saturated heterocycles. The number of benzene rings is 1. The summed E-state index contributed by atoms with van der Waals surface area (Å²) in [6.07, 6.45) is -1.39. The van der Waals surface area contributed by atoms with Crippen molar-refractivity contribution in [3.63, 3.8) is 0 Å². The lowest BCUT2D eigenvalue weighted by Gasteiger charge is -2.15. The molecule has 1 atom stereocenters. The summed E-state index contributed by atoms with van der Waals surface area (Å²) in [4.78, 5) is 3.90. The quantitative estimate of drug-likeness (QED) is 0.860. The van der Waals surface area contributed by atoms with E-state index in [-0.39, 0.29) is 12.6 Å². The molecule has 21 heavy (non-hydrogen) atoms. The Balaban J connectivity index is 2.07. The smallest absolute Gasteiger partial charge is 0.306 e. The normalized spacial score (nSPS) is 13.2. The third-order valence-electron chi connectivity index (χ3n) is 3.15. The van der Waals surface area contributed by atoms with Gasteiger partial charge in [0.25, 0.3) is 0 Å². The zero-order valence-corrected chi connectivity index (χ0v) is 11.3. The Labute approximate surface area is 119 Å². The minimum absolute atomic E-state index is 0.0487. The Morgan fingerprint density at radius 2 is 1.81 bits per heavy atom. The van der Waals surface area contributed by atoms with E-state index in [2.05, 4.69) is 10.3 Å². The highest BCUT2D eigenvalue weighted by Crippen LogP contribution is 2.31. The van der Waals surface area contributed by atoms with E-state index in [0.717, 1.165) is 17.7 Å². The molecule has 112 valence electrons. The molecule has 2 rings (SSSR count). The van der Waals surface area contributed by atoms with Gasteiger partial charge in [0.2, 0.25) is 0 Å². The average Bonchev–Trinajstić information content (AvgIpc) is 2.45. The molecule has 1 aromatic heterocycles. The number of aromatic nitrogens is 1. The fraction of sp³-hybridized carbons (Fsp3) is 0.267. The second-order valence-corrected chi connectivity index (χ2v) is 4.70. The zero-order valence-electron chi connectivity index (χ0n) is 11.3. The molecule has 2 aromatic rings. The van der Waals surface area contributed by atoms with Crippen LogP contribution >= 0.6 is 0 Å². The molecule has 1 heterocycles. The number of hydrogen-bond donors (Lipinski definition) is 1. The first kappa shape index (κ1) is 15.4. The highest BCUT2D eigenvalue weighted by atomic mass is 19.4. The molecule has 2 nitrogen and oxygen atoms in total. The molecule has 0 aliphatic heterocycles. The lowest BCUT2D eigenvalue weighted by molar-refractivity contribution is -0.140. The highest BCUT2D eigenvalue weighted by molar-refractivity contribution is 5.27. The molecule has 0 fully saturated rings. The monoisotopic (exact) mass is 298 g/mol. The van der Waals surface area contributed by atoms with Crippen LogP contribution in [0.1, 0.15) is 29.7 Å². The van der Waals surface area contributed by atoms with Crippen LogP contribution in [0.5, 0.6) is 0 Å². The van der Waals surface area contributed by atoms with Gasteiger partial charge in [-0.3, -0.25) is 4.98 Å². The van der Waals surface area contributed by atoms with Crippen molar-refractivity contribution in [3.8, 4) is 0 Å². The van der Waals surface area contributed by atoms with E-state index in [1.165, 1.54) is 6.07 Å². The Hall–Kier alpha value is -1.95. The van der Waals surface area contributed by atoms with Crippen molar-refractivity contribution < 1.29 is 17.6 Å². The standard InChI is InChI=1S/C15H14F4N2/c1-10(12-4-6-20-7-5-12)21-9-11-2-3-14(16)13(8-11)15(17,18)19/h2-8,10,21H,9H2,1H3/t10-/m1/s1. The molecular weight excluding hydrogens is 284 g/mol. The van der Waals surface area contributed by atoms with Gasteiger partial charge in [-0.15, -0.1) is 0 Å². The SMILES string of the molecule is C[C@@H](NCc1ccc(F)c(C(F)(F)F)c1)c1ccncc1. The first-order chi connectivity index (χ1) is 9.88. The maximum Gasteiger partial charge on any atom is 0.419 e. The molecule has 0 spiro atoms. The first-order valence-corrected chi connectivity index (χ1v) is 6.37. The number of alkyl halides is 3. The first-order valence-electron chi connectivity index (χ1n) is 6.37. The van der Waals surface area contributed by atoms with Crippen molar-refractivity contribution in [2.24, 2.45) is 0 Å². The maximum atomic E-state index is 13.2. The van der Waals surface area contributed by atoms with Gasteiger partial charge < -0.3 is 5.32 Å². The van der Waals surface area contributed by atoms with Gasteiger partial charge in [0.05, 0.1) is 5.56 Å². The summed E-state index contributed by atoms with van der Waals surface area (Å²) in [5, 5.41) is 3.10. The number of rotatable bonds is 4. The van der Waals surface area contributed by atoms with Gasteiger partial charge in [0.15, 0.2) is 0 Å². The third-order valence-corrected chi connectivity index (χ3v) is 3.15. The molecule has 0 amide bonds. The highest BCUT2D eigenvalue weighted by Gasteiger charge is 2.34. The second-order valence-electron chi connectivity index (χ2n) is 4.70. The Bertz CT molecular complexity index is 596. The molecule has 0 aliphatic rings. The van der Waals surface area contributed by atoms with Gasteiger partial charge >= 0.3 is 6.18 Å². The van der Waals surface area contributed by atoms with Crippen LogP contribution < -0.4 is 5.32 Å². The van der Waals surface area contributed by atoms with Gasteiger partial charge in [0, 0.05) is 25.0 Å². The second kappa shape index (κ2) is 6.22. The predicted molar refractivity (Wildman–Crippen MR) is 70.9 cm³/mol. The summed E-state index contributed by atoms with van der Waals surface area (Å²) in [6, 6.07) is 6.62.